The Balaban J connectivity index is 1.65. The fourth-order valence-electron chi connectivity index (χ4n) is 3.11. The summed E-state index contributed by atoms with van der Waals surface area (Å²) in [5, 5.41) is 24.4. The number of rotatable bonds is 7. The van der Waals surface area contributed by atoms with Crippen molar-refractivity contribution in [1.82, 2.24) is 10.3 Å². The second kappa shape index (κ2) is 7.91. The van der Waals surface area contributed by atoms with Crippen molar-refractivity contribution in [2.75, 3.05) is 6.54 Å². The van der Waals surface area contributed by atoms with Gasteiger partial charge in [-0.05, 0) is 42.7 Å². The first-order valence-electron chi connectivity index (χ1n) is 8.45. The third-order valence-corrected chi connectivity index (χ3v) is 4.69. The number of carboxylic acids is 1. The van der Waals surface area contributed by atoms with Gasteiger partial charge in [0.1, 0.15) is 0 Å². The molecule has 0 saturated carbocycles. The Hall–Kier alpha value is -2.34. The molecule has 2 aromatic carbocycles. The summed E-state index contributed by atoms with van der Waals surface area (Å²) in [4.78, 5) is 14.4. The lowest BCUT2D eigenvalue weighted by Gasteiger charge is -2.17. The zero-order chi connectivity index (χ0) is 18.7. The monoisotopic (exact) mass is 372 g/mol. The van der Waals surface area contributed by atoms with Gasteiger partial charge >= 0.3 is 5.97 Å². The van der Waals surface area contributed by atoms with Gasteiger partial charge in [-0.15, -0.1) is 0 Å². The van der Waals surface area contributed by atoms with Gasteiger partial charge in [0.15, 0.2) is 0 Å². The predicted octanol–water partition coefficient (Wildman–Crippen LogP) is 3.77. The van der Waals surface area contributed by atoms with Crippen LogP contribution in [-0.2, 0) is 6.42 Å². The van der Waals surface area contributed by atoms with Gasteiger partial charge in [-0.2, -0.15) is 0 Å². The molecule has 2 atom stereocenters. The number of carboxylic acid groups (broad SMARTS) is 1. The SMILES string of the molecule is C[C@H](Cc1c[nH]c2c(C(=O)O)cccc12)NC[C@H](O)c1cccc(Cl)c1. The average molecular weight is 373 g/mol. The van der Waals surface area contributed by atoms with Gasteiger partial charge in [0.05, 0.1) is 17.2 Å². The number of fused-ring (bicyclic) bond motifs is 1. The number of hydrogen-bond donors (Lipinski definition) is 4. The van der Waals surface area contributed by atoms with E-state index < -0.39 is 12.1 Å². The number of H-pyrrole nitrogens is 1. The summed E-state index contributed by atoms with van der Waals surface area (Å²) >= 11 is 5.96. The molecular weight excluding hydrogens is 352 g/mol. The number of aliphatic hydroxyl groups is 1. The molecule has 5 nitrogen and oxygen atoms in total. The number of halogens is 1. The number of benzene rings is 2. The normalized spacial score (nSPS) is 13.7. The Morgan fingerprint density at radius 3 is 2.77 bits per heavy atom. The van der Waals surface area contributed by atoms with Crippen LogP contribution in [0.5, 0.6) is 0 Å². The molecule has 0 aliphatic rings. The van der Waals surface area contributed by atoms with Gasteiger partial charge in [0.25, 0.3) is 0 Å². The van der Waals surface area contributed by atoms with E-state index in [4.69, 9.17) is 11.6 Å². The third-order valence-electron chi connectivity index (χ3n) is 4.45. The lowest BCUT2D eigenvalue weighted by molar-refractivity contribution is 0.0699. The summed E-state index contributed by atoms with van der Waals surface area (Å²) in [6.07, 6.45) is 1.92. The molecule has 0 fully saturated rings. The van der Waals surface area contributed by atoms with Crippen LogP contribution < -0.4 is 5.32 Å². The van der Waals surface area contributed by atoms with E-state index in [-0.39, 0.29) is 11.6 Å². The van der Waals surface area contributed by atoms with Crippen LogP contribution >= 0.6 is 11.6 Å². The van der Waals surface area contributed by atoms with E-state index in [0.29, 0.717) is 23.5 Å². The maximum atomic E-state index is 11.3. The molecule has 4 N–H and O–H groups in total. The highest BCUT2D eigenvalue weighted by atomic mass is 35.5. The van der Waals surface area contributed by atoms with E-state index >= 15 is 0 Å². The van der Waals surface area contributed by atoms with Gasteiger partial charge in [-0.3, -0.25) is 0 Å². The van der Waals surface area contributed by atoms with Crippen LogP contribution in [0, 0.1) is 0 Å². The Bertz CT molecular complexity index is 922. The molecule has 1 aromatic heterocycles. The van der Waals surface area contributed by atoms with Gasteiger partial charge in [0, 0.05) is 29.2 Å². The summed E-state index contributed by atoms with van der Waals surface area (Å²) in [7, 11) is 0. The van der Waals surface area contributed by atoms with Crippen LogP contribution in [0.15, 0.2) is 48.7 Å². The summed E-state index contributed by atoms with van der Waals surface area (Å²) < 4.78 is 0. The number of aromatic nitrogens is 1. The summed E-state index contributed by atoms with van der Waals surface area (Å²) in [5.41, 5.74) is 2.72. The van der Waals surface area contributed by atoms with Crippen molar-refractivity contribution in [3.8, 4) is 0 Å². The number of aliphatic hydroxyl groups excluding tert-OH is 1. The molecule has 3 aromatic rings. The van der Waals surface area contributed by atoms with Crippen molar-refractivity contribution >= 4 is 28.5 Å². The first-order valence-corrected chi connectivity index (χ1v) is 8.82. The highest BCUT2D eigenvalue weighted by Crippen LogP contribution is 2.23. The number of para-hydroxylation sites is 1. The highest BCUT2D eigenvalue weighted by Gasteiger charge is 2.15. The van der Waals surface area contributed by atoms with Crippen molar-refractivity contribution in [3.63, 3.8) is 0 Å². The maximum absolute atomic E-state index is 11.3. The Morgan fingerprint density at radius 2 is 2.04 bits per heavy atom. The van der Waals surface area contributed by atoms with Crippen molar-refractivity contribution in [2.24, 2.45) is 0 Å². The zero-order valence-electron chi connectivity index (χ0n) is 14.4. The van der Waals surface area contributed by atoms with Crippen LogP contribution in [0.4, 0.5) is 0 Å². The molecule has 0 bridgehead atoms. The molecular formula is C20H21ClN2O3. The Labute approximate surface area is 156 Å². The summed E-state index contributed by atoms with van der Waals surface area (Å²) in [6, 6.07) is 12.6. The molecule has 6 heteroatoms. The van der Waals surface area contributed by atoms with Crippen molar-refractivity contribution in [2.45, 2.75) is 25.5 Å². The number of aromatic carboxylic acids is 1. The fourth-order valence-corrected chi connectivity index (χ4v) is 3.30. The molecule has 0 unspecified atom stereocenters. The molecule has 0 radical (unpaired) electrons. The smallest absolute Gasteiger partial charge is 0.337 e. The number of carbonyl (C=O) groups is 1. The lowest BCUT2D eigenvalue weighted by Crippen LogP contribution is -2.32. The average Bonchev–Trinajstić information content (AvgIpc) is 3.02. The first kappa shape index (κ1) is 18.5. The quantitative estimate of drug-likeness (QED) is 0.508. The Kier molecular flexibility index (Phi) is 5.61. The van der Waals surface area contributed by atoms with Gasteiger partial charge < -0.3 is 20.5 Å². The minimum atomic E-state index is -0.945. The van der Waals surface area contributed by atoms with Crippen molar-refractivity contribution in [1.29, 1.82) is 0 Å². The third kappa shape index (κ3) is 4.07. The van der Waals surface area contributed by atoms with Gasteiger partial charge in [0.2, 0.25) is 0 Å². The Morgan fingerprint density at radius 1 is 1.27 bits per heavy atom. The zero-order valence-corrected chi connectivity index (χ0v) is 15.1. The predicted molar refractivity (Wildman–Crippen MR) is 103 cm³/mol. The van der Waals surface area contributed by atoms with E-state index in [9.17, 15) is 15.0 Å². The van der Waals surface area contributed by atoms with Gasteiger partial charge in [-0.1, -0.05) is 35.9 Å². The summed E-state index contributed by atoms with van der Waals surface area (Å²) in [5.74, 6) is -0.945. The molecule has 1 heterocycles. The van der Waals surface area contributed by atoms with E-state index in [1.165, 1.54) is 0 Å². The van der Waals surface area contributed by atoms with Crippen molar-refractivity contribution < 1.29 is 15.0 Å². The topological polar surface area (TPSA) is 85.4 Å². The highest BCUT2D eigenvalue weighted by molar-refractivity contribution is 6.30. The minimum Gasteiger partial charge on any atom is -0.478 e. The number of hydrogen-bond acceptors (Lipinski definition) is 3. The molecule has 0 spiro atoms. The second-order valence-corrected chi connectivity index (χ2v) is 6.87. The largest absolute Gasteiger partial charge is 0.478 e. The molecule has 26 heavy (non-hydrogen) atoms. The van der Waals surface area contributed by atoms with E-state index in [2.05, 4.69) is 10.3 Å². The number of nitrogens with one attached hydrogen (secondary N) is 2. The second-order valence-electron chi connectivity index (χ2n) is 6.43. The maximum Gasteiger partial charge on any atom is 0.337 e. The van der Waals surface area contributed by atoms with Crippen LogP contribution in [0.3, 0.4) is 0 Å². The van der Waals surface area contributed by atoms with Crippen LogP contribution in [0.25, 0.3) is 10.9 Å². The van der Waals surface area contributed by atoms with Crippen LogP contribution in [0.1, 0.15) is 34.5 Å². The lowest BCUT2D eigenvalue weighted by atomic mass is 10.0. The standard InChI is InChI=1S/C20H21ClN2O3/c1-12(22-11-18(24)13-4-2-5-15(21)9-13)8-14-10-23-19-16(14)6-3-7-17(19)20(25)26/h2-7,9-10,12,18,22-24H,8,11H2,1H3,(H,25,26)/t12-,18+/m1/s1. The van der Waals surface area contributed by atoms with Crippen LogP contribution in [-0.4, -0.2) is 33.8 Å². The molecule has 0 aliphatic heterocycles. The minimum absolute atomic E-state index is 0.108. The first-order chi connectivity index (χ1) is 12.5. The van der Waals surface area contributed by atoms with Gasteiger partial charge in [-0.25, -0.2) is 4.79 Å². The van der Waals surface area contributed by atoms with Crippen LogP contribution in [0.2, 0.25) is 5.02 Å². The van der Waals surface area contributed by atoms with E-state index in [1.54, 1.807) is 24.3 Å². The molecule has 0 saturated heterocycles. The summed E-state index contributed by atoms with van der Waals surface area (Å²) in [6.45, 7) is 2.44. The molecule has 0 aliphatic carbocycles. The van der Waals surface area contributed by atoms with Crippen molar-refractivity contribution in [3.05, 3.63) is 70.4 Å². The fraction of sp³-hybridized carbons (Fsp3) is 0.250. The molecule has 136 valence electrons. The number of aromatic amines is 1. The molecule has 0 amide bonds. The molecule has 3 rings (SSSR count). The van der Waals surface area contributed by atoms with E-state index in [1.807, 2.05) is 31.3 Å². The van der Waals surface area contributed by atoms with E-state index in [0.717, 1.165) is 16.5 Å².